The van der Waals surface area contributed by atoms with E-state index < -0.39 is 11.7 Å². The summed E-state index contributed by atoms with van der Waals surface area (Å²) in [4.78, 5) is 2.48. The van der Waals surface area contributed by atoms with Crippen LogP contribution in [0.15, 0.2) is 16.7 Å². The first kappa shape index (κ1) is 9.73. The van der Waals surface area contributed by atoms with Gasteiger partial charge in [0.25, 0.3) is 0 Å². The number of H-pyrrole nitrogens is 1. The van der Waals surface area contributed by atoms with Crippen LogP contribution in [0.4, 0.5) is 13.2 Å². The van der Waals surface area contributed by atoms with Crippen LogP contribution < -0.4 is 0 Å². The number of aromatic amines is 1. The maximum Gasteiger partial charge on any atom is 0.417 e. The number of nitrogens with one attached hydrogen (secondary N) is 1. The van der Waals surface area contributed by atoms with Gasteiger partial charge >= 0.3 is 6.18 Å². The fraction of sp³-hybridized carbons (Fsp3) is 0.167. The van der Waals surface area contributed by atoms with E-state index in [2.05, 4.69) is 33.1 Å². The molecule has 0 aliphatic heterocycles. The molecule has 66 valence electrons. The molecule has 1 rings (SSSR count). The normalized spacial score (nSPS) is 11.7. The molecular formula is C6H3BrF3NS. The summed E-state index contributed by atoms with van der Waals surface area (Å²) in [6.45, 7) is 0. The van der Waals surface area contributed by atoms with Gasteiger partial charge in [-0.15, -0.1) is 0 Å². The quantitative estimate of drug-likeness (QED) is 0.704. The second-order valence-electron chi connectivity index (χ2n) is 2.03. The molecule has 1 nitrogen and oxygen atoms in total. The Bertz CT molecular complexity index is 343. The zero-order valence-electron chi connectivity index (χ0n) is 5.57. The van der Waals surface area contributed by atoms with Crippen LogP contribution in [0.3, 0.4) is 0 Å². The van der Waals surface area contributed by atoms with E-state index in [1.807, 2.05) is 0 Å². The molecule has 0 unspecified atom stereocenters. The van der Waals surface area contributed by atoms with Crippen molar-refractivity contribution < 1.29 is 13.2 Å². The van der Waals surface area contributed by atoms with Crippen molar-refractivity contribution in [3.8, 4) is 0 Å². The van der Waals surface area contributed by atoms with Gasteiger partial charge in [0.2, 0.25) is 0 Å². The molecule has 0 saturated carbocycles. The lowest BCUT2D eigenvalue weighted by Gasteiger charge is -2.07. The molecule has 0 aliphatic carbocycles. The molecule has 0 aliphatic rings. The van der Waals surface area contributed by atoms with Crippen LogP contribution in [-0.2, 0) is 6.18 Å². The van der Waals surface area contributed by atoms with E-state index in [0.717, 1.165) is 12.3 Å². The molecule has 0 bridgehead atoms. The molecule has 1 N–H and O–H groups in total. The van der Waals surface area contributed by atoms with Gasteiger partial charge in [-0.3, -0.25) is 0 Å². The topological polar surface area (TPSA) is 15.8 Å². The molecule has 0 radical (unpaired) electrons. The van der Waals surface area contributed by atoms with Crippen LogP contribution in [0, 0.1) is 4.64 Å². The van der Waals surface area contributed by atoms with Crippen LogP contribution >= 0.6 is 28.1 Å². The predicted octanol–water partition coefficient (Wildman–Crippen LogP) is 3.53. The van der Waals surface area contributed by atoms with Crippen LogP contribution in [0.2, 0.25) is 0 Å². The first-order valence-corrected chi connectivity index (χ1v) is 4.07. The van der Waals surface area contributed by atoms with E-state index >= 15 is 0 Å². The molecule has 0 aromatic carbocycles. The summed E-state index contributed by atoms with van der Waals surface area (Å²) in [6.07, 6.45) is -3.20. The van der Waals surface area contributed by atoms with Crippen molar-refractivity contribution in [1.82, 2.24) is 4.98 Å². The predicted molar refractivity (Wildman–Crippen MR) is 44.3 cm³/mol. The van der Waals surface area contributed by atoms with Crippen molar-refractivity contribution >= 4 is 28.1 Å². The van der Waals surface area contributed by atoms with Gasteiger partial charge in [-0.1, -0.05) is 12.2 Å². The number of hydrogen-bond acceptors (Lipinski definition) is 1. The Morgan fingerprint density at radius 2 is 2.00 bits per heavy atom. The second-order valence-corrected chi connectivity index (χ2v) is 3.23. The van der Waals surface area contributed by atoms with Crippen molar-refractivity contribution in [2.75, 3.05) is 0 Å². The highest BCUT2D eigenvalue weighted by atomic mass is 79.9. The van der Waals surface area contributed by atoms with Crippen LogP contribution in [0.1, 0.15) is 5.56 Å². The average Bonchev–Trinajstić information content (AvgIpc) is 1.92. The Hall–Kier alpha value is -0.360. The SMILES string of the molecule is FC(F)(F)c1cc[nH]c(=S)c1Br. The van der Waals surface area contributed by atoms with Crippen LogP contribution in [-0.4, -0.2) is 4.98 Å². The lowest BCUT2D eigenvalue weighted by molar-refractivity contribution is -0.138. The minimum absolute atomic E-state index is 0.0461. The highest BCUT2D eigenvalue weighted by Gasteiger charge is 2.33. The van der Waals surface area contributed by atoms with Crippen LogP contribution in [0.5, 0.6) is 0 Å². The summed E-state index contributed by atoms with van der Waals surface area (Å²) in [7, 11) is 0. The number of rotatable bonds is 0. The van der Waals surface area contributed by atoms with E-state index in [-0.39, 0.29) is 9.11 Å². The molecule has 0 amide bonds. The van der Waals surface area contributed by atoms with Crippen LogP contribution in [0.25, 0.3) is 0 Å². The number of hydrogen-bond donors (Lipinski definition) is 1. The van der Waals surface area contributed by atoms with Crippen molar-refractivity contribution in [3.63, 3.8) is 0 Å². The Morgan fingerprint density at radius 3 is 2.42 bits per heavy atom. The first-order chi connectivity index (χ1) is 5.43. The molecule has 0 fully saturated rings. The molecule has 1 aromatic rings. The van der Waals surface area contributed by atoms with E-state index in [9.17, 15) is 13.2 Å². The van der Waals surface area contributed by atoms with Gasteiger partial charge in [0.1, 0.15) is 4.64 Å². The number of halogens is 4. The van der Waals surface area contributed by atoms with Crippen molar-refractivity contribution in [2.24, 2.45) is 0 Å². The van der Waals surface area contributed by atoms with E-state index in [1.165, 1.54) is 0 Å². The van der Waals surface area contributed by atoms with E-state index in [0.29, 0.717) is 0 Å². The third-order valence-corrected chi connectivity index (χ3v) is 2.61. The molecule has 0 saturated heterocycles. The minimum atomic E-state index is -4.36. The summed E-state index contributed by atoms with van der Waals surface area (Å²) in [6, 6.07) is 0.930. The average molecular weight is 258 g/mol. The lowest BCUT2D eigenvalue weighted by atomic mass is 10.3. The lowest BCUT2D eigenvalue weighted by Crippen LogP contribution is -2.06. The fourth-order valence-corrected chi connectivity index (χ4v) is 1.33. The Morgan fingerprint density at radius 1 is 1.42 bits per heavy atom. The third-order valence-electron chi connectivity index (χ3n) is 1.21. The minimum Gasteiger partial charge on any atom is -0.352 e. The van der Waals surface area contributed by atoms with Gasteiger partial charge in [-0.2, -0.15) is 13.2 Å². The van der Waals surface area contributed by atoms with Gasteiger partial charge in [-0.05, 0) is 22.0 Å². The summed E-state index contributed by atoms with van der Waals surface area (Å²) >= 11 is 7.37. The summed E-state index contributed by atoms with van der Waals surface area (Å²) in [5, 5.41) is 0. The Balaban J connectivity index is 3.36. The molecular weight excluding hydrogens is 255 g/mol. The summed E-state index contributed by atoms with van der Waals surface area (Å²) in [5.41, 5.74) is -0.758. The molecule has 1 aromatic heterocycles. The second kappa shape index (κ2) is 3.18. The maximum absolute atomic E-state index is 12.1. The highest BCUT2D eigenvalue weighted by Crippen LogP contribution is 2.34. The maximum atomic E-state index is 12.1. The van der Waals surface area contributed by atoms with Crippen molar-refractivity contribution in [1.29, 1.82) is 0 Å². The smallest absolute Gasteiger partial charge is 0.352 e. The summed E-state index contributed by atoms with van der Waals surface area (Å²) < 4.78 is 36.3. The Labute approximate surface area is 79.7 Å². The monoisotopic (exact) mass is 257 g/mol. The molecule has 0 spiro atoms. The number of alkyl halides is 3. The fourth-order valence-electron chi connectivity index (χ4n) is 0.678. The number of aromatic nitrogens is 1. The highest BCUT2D eigenvalue weighted by molar-refractivity contribution is 9.10. The standard InChI is InChI=1S/C6H3BrF3NS/c7-4-3(6(8,9)10)1-2-11-5(4)12/h1-2H,(H,11,12). The Kier molecular flexibility index (Phi) is 2.58. The van der Waals surface area contributed by atoms with Gasteiger partial charge in [0.05, 0.1) is 10.0 Å². The van der Waals surface area contributed by atoms with Gasteiger partial charge < -0.3 is 4.98 Å². The molecule has 0 atom stereocenters. The van der Waals surface area contributed by atoms with Gasteiger partial charge in [-0.25, -0.2) is 0 Å². The van der Waals surface area contributed by atoms with Crippen molar-refractivity contribution in [2.45, 2.75) is 6.18 Å². The van der Waals surface area contributed by atoms with Crippen molar-refractivity contribution in [3.05, 3.63) is 26.9 Å². The first-order valence-electron chi connectivity index (χ1n) is 2.87. The number of pyridine rings is 1. The van der Waals surface area contributed by atoms with E-state index in [4.69, 9.17) is 0 Å². The largest absolute Gasteiger partial charge is 0.417 e. The molecule has 12 heavy (non-hydrogen) atoms. The van der Waals surface area contributed by atoms with Gasteiger partial charge in [0, 0.05) is 6.20 Å². The third kappa shape index (κ3) is 1.87. The zero-order chi connectivity index (χ0) is 9.35. The summed E-state index contributed by atoms with van der Waals surface area (Å²) in [5.74, 6) is 0. The van der Waals surface area contributed by atoms with E-state index in [1.54, 1.807) is 0 Å². The molecule has 1 heterocycles. The molecule has 6 heteroatoms. The zero-order valence-corrected chi connectivity index (χ0v) is 7.98. The van der Waals surface area contributed by atoms with Gasteiger partial charge in [0.15, 0.2) is 0 Å².